The molecule has 1 unspecified atom stereocenters. The fourth-order valence-corrected chi connectivity index (χ4v) is 6.67. The number of aryl methyl sites for hydroxylation is 3. The number of carbonyl (C=O) groups excluding carboxylic acids is 2. The van der Waals surface area contributed by atoms with Gasteiger partial charge in [0.25, 0.3) is 0 Å². The van der Waals surface area contributed by atoms with E-state index in [4.69, 9.17) is 9.47 Å². The highest BCUT2D eigenvalue weighted by atomic mass is 16.5. The maximum absolute atomic E-state index is 13.8. The summed E-state index contributed by atoms with van der Waals surface area (Å²) >= 11 is 0. The van der Waals surface area contributed by atoms with Gasteiger partial charge in [-0.3, -0.25) is 9.59 Å². The van der Waals surface area contributed by atoms with Crippen molar-refractivity contribution < 1.29 is 29.3 Å². The molecule has 49 heavy (non-hydrogen) atoms. The molecule has 0 saturated heterocycles. The summed E-state index contributed by atoms with van der Waals surface area (Å²) in [6.07, 6.45) is 3.45. The molecule has 6 rings (SSSR count). The van der Waals surface area contributed by atoms with Crippen molar-refractivity contribution in [2.75, 3.05) is 26.3 Å². The van der Waals surface area contributed by atoms with Crippen LogP contribution in [0, 0.1) is 6.92 Å². The summed E-state index contributed by atoms with van der Waals surface area (Å²) in [6.45, 7) is 3.73. The molecule has 2 amide bonds. The Morgan fingerprint density at radius 2 is 1.47 bits per heavy atom. The molecular weight excluding hydrogens is 616 g/mol. The molecule has 0 radical (unpaired) electrons. The smallest absolute Gasteiger partial charge is 0.223 e. The third-order valence-electron chi connectivity index (χ3n) is 9.58. The number of ether oxygens (including phenoxy) is 2. The second-order valence-corrected chi connectivity index (χ2v) is 13.2. The summed E-state index contributed by atoms with van der Waals surface area (Å²) in [6, 6.07) is 26.9. The average Bonchev–Trinajstić information content (AvgIpc) is 3.79. The number of nitrogens with one attached hydrogen (secondary N) is 1. The molecule has 2 atom stereocenters. The van der Waals surface area contributed by atoms with E-state index >= 15 is 0 Å². The zero-order valence-electron chi connectivity index (χ0n) is 28.2. The van der Waals surface area contributed by atoms with Crippen LogP contribution < -0.4 is 14.8 Å². The Labute approximate surface area is 288 Å². The van der Waals surface area contributed by atoms with Gasteiger partial charge in [0.05, 0.1) is 25.4 Å². The summed E-state index contributed by atoms with van der Waals surface area (Å²) in [4.78, 5) is 28.9. The lowest BCUT2D eigenvalue weighted by Gasteiger charge is -2.31. The van der Waals surface area contributed by atoms with Crippen molar-refractivity contribution in [2.45, 2.75) is 70.4 Å². The molecule has 0 fully saturated rings. The Morgan fingerprint density at radius 3 is 2.29 bits per heavy atom. The average molecular weight is 663 g/mol. The van der Waals surface area contributed by atoms with Crippen LogP contribution in [0.3, 0.4) is 0 Å². The van der Waals surface area contributed by atoms with Crippen molar-refractivity contribution >= 4 is 11.8 Å². The number of nitrogens with zero attached hydrogens (tertiary/aromatic N) is 1. The normalized spacial score (nSPS) is 14.2. The van der Waals surface area contributed by atoms with E-state index in [0.717, 1.165) is 52.2 Å². The molecular formula is C41H46N2O6. The molecule has 0 bridgehead atoms. The minimum absolute atomic E-state index is 0.0714. The first kappa shape index (κ1) is 34.1. The highest BCUT2D eigenvalue weighted by molar-refractivity contribution is 5.77. The second-order valence-electron chi connectivity index (χ2n) is 13.2. The molecule has 8 heteroatoms. The lowest BCUT2D eigenvalue weighted by atomic mass is 9.99. The molecule has 2 aliphatic heterocycles. The monoisotopic (exact) mass is 662 g/mol. The van der Waals surface area contributed by atoms with Gasteiger partial charge in [0, 0.05) is 38.8 Å². The number of rotatable bonds is 15. The molecule has 0 saturated carbocycles. The van der Waals surface area contributed by atoms with Crippen molar-refractivity contribution in [3.63, 3.8) is 0 Å². The number of amides is 2. The maximum atomic E-state index is 13.8. The largest absolute Gasteiger partial charge is 0.508 e. The number of carbonyl (C=O) groups is 2. The quantitative estimate of drug-likeness (QED) is 0.160. The van der Waals surface area contributed by atoms with Gasteiger partial charge in [-0.2, -0.15) is 0 Å². The van der Waals surface area contributed by atoms with Gasteiger partial charge in [0.2, 0.25) is 11.8 Å². The van der Waals surface area contributed by atoms with Gasteiger partial charge in [0.15, 0.2) is 0 Å². The first-order chi connectivity index (χ1) is 23.8. The number of phenols is 1. The summed E-state index contributed by atoms with van der Waals surface area (Å²) in [5, 5.41) is 24.8. The number of aliphatic hydroxyl groups excluding tert-OH is 1. The van der Waals surface area contributed by atoms with E-state index in [0.29, 0.717) is 45.4 Å². The van der Waals surface area contributed by atoms with Crippen molar-refractivity contribution in [2.24, 2.45) is 0 Å². The Balaban J connectivity index is 1.14. The van der Waals surface area contributed by atoms with Gasteiger partial charge in [-0.25, -0.2) is 0 Å². The fourth-order valence-electron chi connectivity index (χ4n) is 6.67. The van der Waals surface area contributed by atoms with Crippen LogP contribution >= 0.6 is 0 Å². The first-order valence-corrected chi connectivity index (χ1v) is 17.4. The van der Waals surface area contributed by atoms with E-state index in [1.165, 1.54) is 11.1 Å². The number of hydrogen-bond acceptors (Lipinski definition) is 6. The molecule has 3 N–H and O–H groups in total. The predicted octanol–water partition coefficient (Wildman–Crippen LogP) is 5.30. The molecule has 0 aromatic heterocycles. The molecule has 2 heterocycles. The Hall–Kier alpha value is -4.82. The second kappa shape index (κ2) is 16.1. The van der Waals surface area contributed by atoms with Crippen molar-refractivity contribution in [3.05, 3.63) is 124 Å². The number of aliphatic hydroxyl groups is 1. The number of aromatic hydroxyl groups is 1. The van der Waals surface area contributed by atoms with E-state index in [-0.39, 0.29) is 37.0 Å². The van der Waals surface area contributed by atoms with Crippen LogP contribution in [-0.4, -0.2) is 65.4 Å². The minimum atomic E-state index is -0.995. The topological polar surface area (TPSA) is 108 Å². The summed E-state index contributed by atoms with van der Waals surface area (Å²) < 4.78 is 11.4. The minimum Gasteiger partial charge on any atom is -0.508 e. The number of fused-ring (bicyclic) bond motifs is 2. The molecule has 4 aromatic rings. The summed E-state index contributed by atoms with van der Waals surface area (Å²) in [5.74, 6) is 1.82. The number of hydrogen-bond donors (Lipinski definition) is 3. The van der Waals surface area contributed by atoms with E-state index in [2.05, 4.69) is 17.4 Å². The van der Waals surface area contributed by atoms with E-state index in [9.17, 15) is 19.8 Å². The van der Waals surface area contributed by atoms with Gasteiger partial charge >= 0.3 is 0 Å². The zero-order chi connectivity index (χ0) is 34.2. The third kappa shape index (κ3) is 9.21. The lowest BCUT2D eigenvalue weighted by Crippen LogP contribution is -2.51. The molecule has 4 aromatic carbocycles. The van der Waals surface area contributed by atoms with Crippen molar-refractivity contribution in [1.29, 1.82) is 0 Å². The van der Waals surface area contributed by atoms with Crippen molar-refractivity contribution in [3.8, 4) is 17.2 Å². The number of benzene rings is 4. The van der Waals surface area contributed by atoms with Gasteiger partial charge in [-0.15, -0.1) is 0 Å². The van der Waals surface area contributed by atoms with Gasteiger partial charge in [0.1, 0.15) is 17.2 Å². The molecule has 2 aliphatic rings. The highest BCUT2D eigenvalue weighted by Gasteiger charge is 2.27. The van der Waals surface area contributed by atoms with Gasteiger partial charge in [-0.05, 0) is 89.8 Å². The third-order valence-corrected chi connectivity index (χ3v) is 9.58. The van der Waals surface area contributed by atoms with E-state index in [1.54, 1.807) is 11.0 Å². The van der Waals surface area contributed by atoms with Crippen LogP contribution in [0.5, 0.6) is 17.2 Å². The number of phenolic OH excluding ortho intramolecular Hbond substituents is 1. The Bertz CT molecular complexity index is 1760. The Morgan fingerprint density at radius 1 is 0.776 bits per heavy atom. The summed E-state index contributed by atoms with van der Waals surface area (Å²) in [7, 11) is 0. The van der Waals surface area contributed by atoms with Crippen LogP contribution in [0.25, 0.3) is 0 Å². The van der Waals surface area contributed by atoms with Crippen molar-refractivity contribution in [1.82, 2.24) is 10.2 Å². The van der Waals surface area contributed by atoms with E-state index in [1.807, 2.05) is 73.7 Å². The van der Waals surface area contributed by atoms with Crippen LogP contribution in [-0.2, 0) is 48.1 Å². The van der Waals surface area contributed by atoms with Crippen LogP contribution in [0.1, 0.15) is 51.8 Å². The molecule has 8 nitrogen and oxygen atoms in total. The van der Waals surface area contributed by atoms with Gasteiger partial charge < -0.3 is 29.9 Å². The summed E-state index contributed by atoms with van der Waals surface area (Å²) in [5.41, 5.74) is 7.24. The molecule has 256 valence electrons. The Kier molecular flexibility index (Phi) is 11.2. The lowest BCUT2D eigenvalue weighted by molar-refractivity contribution is -0.133. The van der Waals surface area contributed by atoms with Crippen LogP contribution in [0.2, 0.25) is 0 Å². The zero-order valence-corrected chi connectivity index (χ0v) is 28.2. The van der Waals surface area contributed by atoms with Gasteiger partial charge in [-0.1, -0.05) is 66.7 Å². The van der Waals surface area contributed by atoms with Crippen LogP contribution in [0.4, 0.5) is 0 Å². The van der Waals surface area contributed by atoms with E-state index < -0.39 is 12.1 Å². The molecule has 0 spiro atoms. The maximum Gasteiger partial charge on any atom is 0.223 e. The highest BCUT2D eigenvalue weighted by Crippen LogP contribution is 2.27. The fraction of sp³-hybridized carbons (Fsp3) is 0.366. The predicted molar refractivity (Wildman–Crippen MR) is 189 cm³/mol. The SMILES string of the molecule is Cc1cc(CCC(=O)N(CCc2ccc3c(c2)CCO3)CC(O)[C@H](Cc2ccccc2)NC(=O)CCc2ccc3c(c2)OCC3)ccc1O. The molecule has 0 aliphatic carbocycles. The van der Waals surface area contributed by atoms with Crippen LogP contribution in [0.15, 0.2) is 84.9 Å². The first-order valence-electron chi connectivity index (χ1n) is 17.4. The standard InChI is InChI=1S/C41H46N2O6/c1-28-23-30(8-13-36(28)44)11-16-41(47)43(20-17-32-9-14-38-34(24-32)19-22-48-38)27-37(45)35(25-29-5-3-2-4-6-29)42-40(46)15-10-31-7-12-33-18-21-49-39(33)26-31/h2-9,12-14,23-24,26,35,37,44-45H,10-11,15-22,25,27H2,1H3,(H,42,46)/t35-,37?/m0/s1.